The number of nitrogens with zero attached hydrogens (tertiary/aromatic N) is 1. The quantitative estimate of drug-likeness (QED) is 0.798. The SMILES string of the molecule is CC(=O)c1cc(C(=O)O)n(C2CCCC2)c1. The first kappa shape index (κ1) is 10.9. The molecule has 1 aromatic rings. The van der Waals surface area contributed by atoms with Gasteiger partial charge in [0.25, 0.3) is 0 Å². The number of rotatable bonds is 3. The number of aromatic carboxylic acids is 1. The van der Waals surface area contributed by atoms with Gasteiger partial charge in [0.2, 0.25) is 0 Å². The summed E-state index contributed by atoms with van der Waals surface area (Å²) in [5, 5.41) is 9.09. The van der Waals surface area contributed by atoms with Crippen LogP contribution in [0.2, 0.25) is 0 Å². The molecule has 0 aromatic carbocycles. The van der Waals surface area contributed by atoms with Crippen LogP contribution in [-0.4, -0.2) is 21.4 Å². The molecule has 4 heteroatoms. The third-order valence-corrected chi connectivity index (χ3v) is 3.19. The van der Waals surface area contributed by atoms with Crippen LogP contribution in [-0.2, 0) is 0 Å². The Morgan fingerprint density at radius 2 is 2.00 bits per heavy atom. The van der Waals surface area contributed by atoms with Crippen LogP contribution in [0, 0.1) is 0 Å². The van der Waals surface area contributed by atoms with Crippen molar-refractivity contribution in [2.24, 2.45) is 0 Å². The number of aromatic nitrogens is 1. The topological polar surface area (TPSA) is 59.3 Å². The molecule has 0 aliphatic heterocycles. The summed E-state index contributed by atoms with van der Waals surface area (Å²) in [5.41, 5.74) is 0.724. The minimum Gasteiger partial charge on any atom is -0.477 e. The lowest BCUT2D eigenvalue weighted by molar-refractivity contribution is 0.0682. The van der Waals surface area contributed by atoms with Crippen molar-refractivity contribution < 1.29 is 14.7 Å². The van der Waals surface area contributed by atoms with E-state index in [0.717, 1.165) is 25.7 Å². The maximum atomic E-state index is 11.2. The van der Waals surface area contributed by atoms with Crippen LogP contribution >= 0.6 is 0 Å². The van der Waals surface area contributed by atoms with Gasteiger partial charge < -0.3 is 9.67 Å². The van der Waals surface area contributed by atoms with Crippen LogP contribution in [0.1, 0.15) is 59.5 Å². The summed E-state index contributed by atoms with van der Waals surface area (Å²) < 4.78 is 1.76. The van der Waals surface area contributed by atoms with E-state index >= 15 is 0 Å². The molecule has 0 spiro atoms. The van der Waals surface area contributed by atoms with E-state index in [9.17, 15) is 9.59 Å². The van der Waals surface area contributed by atoms with E-state index in [1.54, 1.807) is 10.8 Å². The average Bonchev–Trinajstić information content (AvgIpc) is 2.86. The van der Waals surface area contributed by atoms with Crippen LogP contribution in [0.25, 0.3) is 0 Å². The third kappa shape index (κ3) is 1.87. The molecule has 0 bridgehead atoms. The van der Waals surface area contributed by atoms with Gasteiger partial charge in [0.05, 0.1) is 0 Å². The van der Waals surface area contributed by atoms with Gasteiger partial charge in [-0.25, -0.2) is 4.79 Å². The van der Waals surface area contributed by atoms with Gasteiger partial charge >= 0.3 is 5.97 Å². The predicted molar refractivity (Wildman–Crippen MR) is 58.9 cm³/mol. The second kappa shape index (κ2) is 4.12. The average molecular weight is 221 g/mol. The number of hydrogen-bond acceptors (Lipinski definition) is 2. The van der Waals surface area contributed by atoms with Crippen LogP contribution < -0.4 is 0 Å². The number of carbonyl (C=O) groups is 2. The summed E-state index contributed by atoms with van der Waals surface area (Å²) in [6.07, 6.45) is 5.97. The number of hydrogen-bond donors (Lipinski definition) is 1. The minimum absolute atomic E-state index is 0.0840. The molecule has 1 fully saturated rings. The lowest BCUT2D eigenvalue weighted by Crippen LogP contribution is -2.11. The zero-order valence-corrected chi connectivity index (χ0v) is 9.27. The van der Waals surface area contributed by atoms with Crippen molar-refractivity contribution >= 4 is 11.8 Å². The van der Waals surface area contributed by atoms with E-state index in [0.29, 0.717) is 5.56 Å². The first-order valence-corrected chi connectivity index (χ1v) is 5.55. The molecule has 4 nitrogen and oxygen atoms in total. The first-order valence-electron chi connectivity index (χ1n) is 5.55. The molecule has 1 saturated carbocycles. The minimum atomic E-state index is -0.959. The van der Waals surface area contributed by atoms with E-state index in [1.165, 1.54) is 13.0 Å². The van der Waals surface area contributed by atoms with E-state index in [2.05, 4.69) is 0 Å². The van der Waals surface area contributed by atoms with Crippen molar-refractivity contribution in [3.8, 4) is 0 Å². The Morgan fingerprint density at radius 3 is 2.50 bits per heavy atom. The predicted octanol–water partition coefficient (Wildman–Crippen LogP) is 2.50. The Kier molecular flexibility index (Phi) is 2.81. The maximum Gasteiger partial charge on any atom is 0.352 e. The van der Waals surface area contributed by atoms with E-state index < -0.39 is 5.97 Å². The Labute approximate surface area is 93.9 Å². The molecule has 1 N–H and O–H groups in total. The molecule has 1 aliphatic rings. The van der Waals surface area contributed by atoms with Crippen molar-refractivity contribution in [3.05, 3.63) is 23.5 Å². The van der Waals surface area contributed by atoms with E-state index in [-0.39, 0.29) is 17.5 Å². The largest absolute Gasteiger partial charge is 0.477 e. The standard InChI is InChI=1S/C12H15NO3/c1-8(14)9-6-11(12(15)16)13(7-9)10-4-2-3-5-10/h6-7,10H,2-5H2,1H3,(H,15,16). The maximum absolute atomic E-state index is 11.2. The highest BCUT2D eigenvalue weighted by Crippen LogP contribution is 2.31. The second-order valence-electron chi connectivity index (χ2n) is 4.32. The van der Waals surface area contributed by atoms with Crippen molar-refractivity contribution in [2.75, 3.05) is 0 Å². The summed E-state index contributed by atoms with van der Waals surface area (Å²) >= 11 is 0. The van der Waals surface area contributed by atoms with E-state index in [1.807, 2.05) is 0 Å². The van der Waals surface area contributed by atoms with Crippen molar-refractivity contribution in [1.82, 2.24) is 4.57 Å². The number of ketones is 1. The van der Waals surface area contributed by atoms with Gasteiger partial charge in [-0.3, -0.25) is 4.79 Å². The number of carboxylic acid groups (broad SMARTS) is 1. The number of carboxylic acids is 1. The van der Waals surface area contributed by atoms with Crippen molar-refractivity contribution in [1.29, 1.82) is 0 Å². The zero-order valence-electron chi connectivity index (χ0n) is 9.27. The Bertz CT molecular complexity index is 427. The van der Waals surface area contributed by atoms with Gasteiger partial charge in [-0.05, 0) is 25.8 Å². The van der Waals surface area contributed by atoms with E-state index in [4.69, 9.17) is 5.11 Å². The van der Waals surface area contributed by atoms with Crippen molar-refractivity contribution in [3.63, 3.8) is 0 Å². The Morgan fingerprint density at radius 1 is 1.38 bits per heavy atom. The van der Waals surface area contributed by atoms with Crippen LogP contribution in [0.3, 0.4) is 0 Å². The van der Waals surface area contributed by atoms with Gasteiger partial charge in [0.1, 0.15) is 5.69 Å². The number of Topliss-reactive ketones (excluding diaryl/α,β-unsaturated/α-hetero) is 1. The molecule has 2 rings (SSSR count). The molecule has 0 saturated heterocycles. The normalized spacial score (nSPS) is 16.6. The zero-order chi connectivity index (χ0) is 11.7. The molecule has 0 atom stereocenters. The Balaban J connectivity index is 2.40. The molecular formula is C12H15NO3. The highest BCUT2D eigenvalue weighted by molar-refractivity contribution is 5.97. The van der Waals surface area contributed by atoms with Crippen molar-refractivity contribution in [2.45, 2.75) is 38.6 Å². The first-order chi connectivity index (χ1) is 7.59. The fourth-order valence-corrected chi connectivity index (χ4v) is 2.33. The molecule has 1 aliphatic carbocycles. The fraction of sp³-hybridized carbons (Fsp3) is 0.500. The molecule has 0 unspecified atom stereocenters. The summed E-state index contributed by atoms with van der Waals surface area (Å²) in [6, 6.07) is 1.72. The summed E-state index contributed by atoms with van der Waals surface area (Å²) in [6.45, 7) is 1.46. The highest BCUT2D eigenvalue weighted by Gasteiger charge is 2.23. The van der Waals surface area contributed by atoms with Crippen LogP contribution in [0.4, 0.5) is 0 Å². The van der Waals surface area contributed by atoms with Crippen LogP contribution in [0.15, 0.2) is 12.3 Å². The Hall–Kier alpha value is -1.58. The molecule has 1 heterocycles. The monoisotopic (exact) mass is 221 g/mol. The third-order valence-electron chi connectivity index (χ3n) is 3.19. The van der Waals surface area contributed by atoms with Gasteiger partial charge in [-0.1, -0.05) is 12.8 Å². The highest BCUT2D eigenvalue weighted by atomic mass is 16.4. The van der Waals surface area contributed by atoms with Gasteiger partial charge in [0, 0.05) is 17.8 Å². The molecule has 16 heavy (non-hydrogen) atoms. The summed E-state index contributed by atoms with van der Waals surface area (Å²) in [5.74, 6) is -1.04. The number of carbonyl (C=O) groups excluding carboxylic acids is 1. The lowest BCUT2D eigenvalue weighted by atomic mass is 10.2. The molecule has 86 valence electrons. The van der Waals surface area contributed by atoms with Crippen LogP contribution in [0.5, 0.6) is 0 Å². The smallest absolute Gasteiger partial charge is 0.352 e. The lowest BCUT2D eigenvalue weighted by Gasteiger charge is -2.13. The molecule has 0 radical (unpaired) electrons. The molecule has 1 aromatic heterocycles. The molecular weight excluding hydrogens is 206 g/mol. The van der Waals surface area contributed by atoms with Gasteiger partial charge in [-0.15, -0.1) is 0 Å². The summed E-state index contributed by atoms with van der Waals surface area (Å²) in [4.78, 5) is 22.3. The fourth-order valence-electron chi connectivity index (χ4n) is 2.33. The molecule has 0 amide bonds. The van der Waals surface area contributed by atoms with Gasteiger partial charge in [-0.2, -0.15) is 0 Å². The van der Waals surface area contributed by atoms with Gasteiger partial charge in [0.15, 0.2) is 5.78 Å². The summed E-state index contributed by atoms with van der Waals surface area (Å²) in [7, 11) is 0. The second-order valence-corrected chi connectivity index (χ2v) is 4.32.